The molecule has 0 aliphatic heterocycles. The summed E-state index contributed by atoms with van der Waals surface area (Å²) in [7, 11) is 0. The number of hydrogen-bond acceptors (Lipinski definition) is 4. The summed E-state index contributed by atoms with van der Waals surface area (Å²) in [4.78, 5) is 27.9. The Hall–Kier alpha value is -2.92. The third-order valence-electron chi connectivity index (χ3n) is 4.71. The summed E-state index contributed by atoms with van der Waals surface area (Å²) < 4.78 is 54.6. The number of rotatable bonds is 8. The minimum atomic E-state index is -4.85. The van der Waals surface area contributed by atoms with Crippen LogP contribution in [0, 0.1) is 11.7 Å². The molecule has 0 aliphatic carbocycles. The summed E-state index contributed by atoms with van der Waals surface area (Å²) in [5.41, 5.74) is -0.164. The van der Waals surface area contributed by atoms with Crippen molar-refractivity contribution in [3.05, 3.63) is 68.7 Å². The largest absolute Gasteiger partial charge is 0.481 e. The van der Waals surface area contributed by atoms with Crippen LogP contribution < -0.4 is 5.32 Å². The van der Waals surface area contributed by atoms with Crippen molar-refractivity contribution in [3.8, 4) is 0 Å². The molecule has 12 heteroatoms. The molecule has 0 unspecified atom stereocenters. The predicted molar refractivity (Wildman–Crippen MR) is 120 cm³/mol. The number of nitrogens with zero attached hydrogens (tertiary/aromatic N) is 2. The zero-order chi connectivity index (χ0) is 25.2. The van der Waals surface area contributed by atoms with Gasteiger partial charge < -0.3 is 9.67 Å². The van der Waals surface area contributed by atoms with Crippen LogP contribution in [-0.2, 0) is 30.4 Å². The molecule has 0 fully saturated rings. The normalized spacial score (nSPS) is 11.8. The van der Waals surface area contributed by atoms with Crippen molar-refractivity contribution < 1.29 is 32.3 Å². The molecule has 34 heavy (non-hydrogen) atoms. The fourth-order valence-corrected chi connectivity index (χ4v) is 4.39. The smallest absolute Gasteiger partial charge is 0.419 e. The Kier molecular flexibility index (Phi) is 7.67. The number of benzene rings is 1. The van der Waals surface area contributed by atoms with E-state index in [1.54, 1.807) is 12.3 Å². The summed E-state index contributed by atoms with van der Waals surface area (Å²) in [6, 6.07) is 4.32. The summed E-state index contributed by atoms with van der Waals surface area (Å²) >= 11 is 6.89. The van der Waals surface area contributed by atoms with Crippen molar-refractivity contribution in [1.29, 1.82) is 0 Å². The Bertz CT molecular complexity index is 1220. The molecule has 0 atom stereocenters. The van der Waals surface area contributed by atoms with Crippen molar-refractivity contribution in [2.75, 3.05) is 5.32 Å². The van der Waals surface area contributed by atoms with Gasteiger partial charge in [0.05, 0.1) is 17.7 Å². The second kappa shape index (κ2) is 10.1. The van der Waals surface area contributed by atoms with Gasteiger partial charge in [-0.2, -0.15) is 13.2 Å². The number of hydrogen-bond donors (Lipinski definition) is 2. The molecule has 182 valence electrons. The number of carbonyl (C=O) groups excluding carboxylic acids is 1. The van der Waals surface area contributed by atoms with E-state index in [-0.39, 0.29) is 38.9 Å². The molecule has 2 N–H and O–H groups in total. The van der Waals surface area contributed by atoms with Crippen molar-refractivity contribution in [3.63, 3.8) is 0 Å². The van der Waals surface area contributed by atoms with Crippen LogP contribution in [0.4, 0.5) is 22.7 Å². The molecule has 0 aliphatic rings. The van der Waals surface area contributed by atoms with Gasteiger partial charge in [0.1, 0.15) is 15.8 Å². The van der Waals surface area contributed by atoms with Gasteiger partial charge in [-0.3, -0.25) is 14.9 Å². The average Bonchev–Trinajstić information content (AvgIpc) is 3.24. The van der Waals surface area contributed by atoms with E-state index in [0.29, 0.717) is 6.42 Å². The van der Waals surface area contributed by atoms with Gasteiger partial charge in [0.15, 0.2) is 5.13 Å². The molecule has 6 nitrogen and oxygen atoms in total. The average molecular weight is 518 g/mol. The Morgan fingerprint density at radius 3 is 2.56 bits per heavy atom. The van der Waals surface area contributed by atoms with Crippen LogP contribution in [0.2, 0.25) is 4.34 Å². The molecular weight excluding hydrogens is 498 g/mol. The molecule has 3 rings (SSSR count). The third kappa shape index (κ3) is 6.35. The van der Waals surface area contributed by atoms with E-state index in [9.17, 15) is 27.2 Å². The van der Waals surface area contributed by atoms with E-state index in [2.05, 4.69) is 10.3 Å². The summed E-state index contributed by atoms with van der Waals surface area (Å²) in [5.74, 6) is -2.85. The van der Waals surface area contributed by atoms with E-state index in [4.69, 9.17) is 16.7 Å². The second-order valence-corrected chi connectivity index (χ2v) is 9.64. The predicted octanol–water partition coefficient (Wildman–Crippen LogP) is 5.88. The van der Waals surface area contributed by atoms with Crippen LogP contribution in [0.5, 0.6) is 0 Å². The minimum Gasteiger partial charge on any atom is -0.481 e. The number of aliphatic carboxylic acids is 1. The summed E-state index contributed by atoms with van der Waals surface area (Å²) in [5, 5.41) is 11.6. The zero-order valence-corrected chi connectivity index (χ0v) is 19.6. The number of halogens is 5. The van der Waals surface area contributed by atoms with Gasteiger partial charge in [-0.05, 0) is 41.7 Å². The summed E-state index contributed by atoms with van der Waals surface area (Å²) in [6.45, 7) is 3.86. The molecule has 2 aromatic heterocycles. The van der Waals surface area contributed by atoms with Crippen molar-refractivity contribution >= 4 is 39.9 Å². The van der Waals surface area contributed by atoms with Crippen LogP contribution in [-0.4, -0.2) is 26.5 Å². The number of thiazole rings is 1. The fraction of sp³-hybridized carbons (Fsp3) is 0.318. The molecule has 0 saturated carbocycles. The summed E-state index contributed by atoms with van der Waals surface area (Å²) in [6.07, 6.45) is -2.98. The highest BCUT2D eigenvalue weighted by Crippen LogP contribution is 2.32. The van der Waals surface area contributed by atoms with E-state index < -0.39 is 35.9 Å². The number of anilines is 1. The van der Waals surface area contributed by atoms with Crippen molar-refractivity contribution in [2.24, 2.45) is 5.92 Å². The number of aromatic nitrogens is 2. The van der Waals surface area contributed by atoms with Crippen LogP contribution in [0.1, 0.15) is 46.7 Å². The molecular formula is C22H20ClF4N3O3S. The number of carbonyl (C=O) groups is 2. The second-order valence-electron chi connectivity index (χ2n) is 8.04. The molecule has 0 bridgehead atoms. The lowest BCUT2D eigenvalue weighted by molar-refractivity contribution is -0.140. The van der Waals surface area contributed by atoms with Gasteiger partial charge in [0.25, 0.3) is 5.91 Å². The van der Waals surface area contributed by atoms with Gasteiger partial charge >= 0.3 is 12.1 Å². The first kappa shape index (κ1) is 25.7. The Morgan fingerprint density at radius 1 is 1.24 bits per heavy atom. The molecule has 1 amide bonds. The minimum absolute atomic E-state index is 0.0885. The van der Waals surface area contributed by atoms with Gasteiger partial charge in [0, 0.05) is 12.7 Å². The van der Waals surface area contributed by atoms with Crippen molar-refractivity contribution in [2.45, 2.75) is 39.4 Å². The maximum Gasteiger partial charge on any atom is 0.419 e. The standard InChI is InChI=1S/C22H20ClF4N3O3S/c1-11(2)5-13-7-17(20(33)29-21-28-16(8-18(31)32)19(23)34-21)30(10-13)9-12-3-4-15(24)14(6-12)22(25,26)27/h3-4,6-7,10-11H,5,8-9H2,1-2H3,(H,31,32)(H,28,29,33). The van der Waals surface area contributed by atoms with Crippen LogP contribution in [0.15, 0.2) is 30.5 Å². The first-order valence-corrected chi connectivity index (χ1v) is 11.3. The maximum atomic E-state index is 13.7. The highest BCUT2D eigenvalue weighted by Gasteiger charge is 2.34. The lowest BCUT2D eigenvalue weighted by Crippen LogP contribution is -2.17. The maximum absolute atomic E-state index is 13.7. The Morgan fingerprint density at radius 2 is 1.94 bits per heavy atom. The van der Waals surface area contributed by atoms with Gasteiger partial charge in [-0.15, -0.1) is 0 Å². The van der Waals surface area contributed by atoms with E-state index in [1.165, 1.54) is 10.6 Å². The molecule has 0 saturated heterocycles. The van der Waals surface area contributed by atoms with Gasteiger partial charge in [-0.1, -0.05) is 42.9 Å². The van der Waals surface area contributed by atoms with Crippen LogP contribution in [0.3, 0.4) is 0 Å². The Labute approximate surface area is 201 Å². The highest BCUT2D eigenvalue weighted by atomic mass is 35.5. The lowest BCUT2D eigenvalue weighted by Gasteiger charge is -2.12. The third-order valence-corrected chi connectivity index (χ3v) is 5.96. The fourth-order valence-electron chi connectivity index (χ4n) is 3.36. The lowest BCUT2D eigenvalue weighted by atomic mass is 10.1. The topological polar surface area (TPSA) is 84.2 Å². The first-order chi connectivity index (χ1) is 15.8. The number of alkyl halides is 3. The molecule has 3 aromatic rings. The van der Waals surface area contributed by atoms with Gasteiger partial charge in [-0.25, -0.2) is 9.37 Å². The van der Waals surface area contributed by atoms with E-state index >= 15 is 0 Å². The molecule has 0 radical (unpaired) electrons. The number of carboxylic acid groups (broad SMARTS) is 1. The van der Waals surface area contributed by atoms with Crippen molar-refractivity contribution in [1.82, 2.24) is 9.55 Å². The van der Waals surface area contributed by atoms with E-state index in [1.807, 2.05) is 13.8 Å². The SMILES string of the molecule is CC(C)Cc1cc(C(=O)Nc2nc(CC(=O)O)c(Cl)s2)n(Cc2ccc(F)c(C(F)(F)F)c2)c1. The van der Waals surface area contributed by atoms with Crippen LogP contribution >= 0.6 is 22.9 Å². The number of nitrogens with one attached hydrogen (secondary N) is 1. The molecule has 0 spiro atoms. The number of carboxylic acids is 1. The Balaban J connectivity index is 1.91. The first-order valence-electron chi connectivity index (χ1n) is 10.1. The van der Waals surface area contributed by atoms with Gasteiger partial charge in [0.2, 0.25) is 0 Å². The highest BCUT2D eigenvalue weighted by molar-refractivity contribution is 7.19. The molecule has 2 heterocycles. The molecule has 1 aromatic carbocycles. The van der Waals surface area contributed by atoms with Crippen LogP contribution in [0.25, 0.3) is 0 Å². The zero-order valence-electron chi connectivity index (χ0n) is 18.0. The monoisotopic (exact) mass is 517 g/mol. The van der Waals surface area contributed by atoms with E-state index in [0.717, 1.165) is 29.0 Å². The number of amides is 1. The quantitative estimate of drug-likeness (QED) is 0.365.